The van der Waals surface area contributed by atoms with Gasteiger partial charge in [-0.05, 0) is 49.5 Å². The number of hydrogen-bond acceptors (Lipinski definition) is 3. The third kappa shape index (κ3) is 1.44. The topological polar surface area (TPSA) is 40.5 Å². The van der Waals surface area contributed by atoms with Crippen molar-refractivity contribution in [3.8, 4) is 0 Å². The molecule has 4 atom stereocenters. The highest BCUT2D eigenvalue weighted by atomic mass is 32.2. The average Bonchev–Trinajstić information content (AvgIpc) is 3.37. The van der Waals surface area contributed by atoms with E-state index in [-0.39, 0.29) is 5.25 Å². The van der Waals surface area contributed by atoms with Crippen LogP contribution in [0.5, 0.6) is 0 Å². The number of aliphatic hydroxyl groups excluding tert-OH is 2. The smallest absolute Gasteiger partial charge is 0.106 e. The zero-order valence-electron chi connectivity index (χ0n) is 12.2. The predicted molar refractivity (Wildman–Crippen MR) is 95.2 cm³/mol. The summed E-state index contributed by atoms with van der Waals surface area (Å²) in [5.74, 6) is 0. The summed E-state index contributed by atoms with van der Waals surface area (Å²) in [7, 11) is 0. The number of aliphatic hydroxyl groups is 2. The lowest BCUT2D eigenvalue weighted by Gasteiger charge is -2.27. The molecule has 4 aromatic rings. The Kier molecular flexibility index (Phi) is 2.18. The van der Waals surface area contributed by atoms with Crippen molar-refractivity contribution < 1.29 is 10.2 Å². The fraction of sp³-hybridized carbons (Fsp3) is 0.200. The van der Waals surface area contributed by atoms with Gasteiger partial charge in [-0.25, -0.2) is 0 Å². The van der Waals surface area contributed by atoms with Crippen molar-refractivity contribution in [1.29, 1.82) is 0 Å². The maximum Gasteiger partial charge on any atom is 0.106 e. The summed E-state index contributed by atoms with van der Waals surface area (Å²) < 4.78 is 0. The molecule has 0 spiro atoms. The van der Waals surface area contributed by atoms with E-state index in [2.05, 4.69) is 48.5 Å². The molecule has 1 fully saturated rings. The molecule has 0 amide bonds. The molecule has 4 aromatic carbocycles. The minimum absolute atomic E-state index is 0.149. The van der Waals surface area contributed by atoms with Crippen molar-refractivity contribution in [2.24, 2.45) is 0 Å². The van der Waals surface area contributed by atoms with Crippen LogP contribution in [0.15, 0.2) is 48.5 Å². The van der Waals surface area contributed by atoms with Gasteiger partial charge in [-0.2, -0.15) is 0 Å². The van der Waals surface area contributed by atoms with Gasteiger partial charge in [0.1, 0.15) is 6.10 Å². The van der Waals surface area contributed by atoms with Crippen molar-refractivity contribution in [2.75, 3.05) is 0 Å². The number of benzene rings is 4. The quantitative estimate of drug-likeness (QED) is 0.378. The second-order valence-electron chi connectivity index (χ2n) is 6.69. The van der Waals surface area contributed by atoms with Gasteiger partial charge in [-0.15, -0.1) is 11.8 Å². The molecular weight excluding hydrogens is 304 g/mol. The molecule has 0 aromatic heterocycles. The number of fused-ring (bicyclic) bond motifs is 4. The number of hydrogen-bond donors (Lipinski definition) is 2. The van der Waals surface area contributed by atoms with E-state index in [9.17, 15) is 10.2 Å². The maximum atomic E-state index is 10.5. The lowest BCUT2D eigenvalue weighted by Crippen LogP contribution is -2.28. The zero-order chi connectivity index (χ0) is 15.3. The van der Waals surface area contributed by atoms with Gasteiger partial charge >= 0.3 is 0 Å². The highest BCUT2D eigenvalue weighted by Crippen LogP contribution is 2.64. The standard InChI is InChI=1S/C20H14O2S/c21-17-13-8-11-5-4-9-2-1-3-10-6-7-12(15(11)14(9)10)16(13)19-20(23-19)18(17)22/h1-8,17-22H/t17-,18+,19-,20+/m1/s1. The summed E-state index contributed by atoms with van der Waals surface area (Å²) >= 11 is 1.77. The van der Waals surface area contributed by atoms with Crippen molar-refractivity contribution in [1.82, 2.24) is 0 Å². The van der Waals surface area contributed by atoms with Crippen LogP contribution in [0.3, 0.4) is 0 Å². The third-order valence-corrected chi connectivity index (χ3v) is 6.88. The summed E-state index contributed by atoms with van der Waals surface area (Å²) in [6.45, 7) is 0. The van der Waals surface area contributed by atoms with Crippen LogP contribution in [0.2, 0.25) is 0 Å². The first kappa shape index (κ1) is 12.6. The molecule has 1 heterocycles. The zero-order valence-corrected chi connectivity index (χ0v) is 13.0. The van der Waals surface area contributed by atoms with Crippen LogP contribution in [0, 0.1) is 0 Å². The summed E-state index contributed by atoms with van der Waals surface area (Å²) in [5, 5.41) is 28.8. The van der Waals surface area contributed by atoms with Crippen molar-refractivity contribution in [2.45, 2.75) is 22.7 Å². The van der Waals surface area contributed by atoms with E-state index in [0.717, 1.165) is 10.9 Å². The van der Waals surface area contributed by atoms with Crippen LogP contribution in [0.4, 0.5) is 0 Å². The maximum absolute atomic E-state index is 10.5. The van der Waals surface area contributed by atoms with E-state index in [0.29, 0.717) is 5.25 Å². The van der Waals surface area contributed by atoms with E-state index in [1.165, 1.54) is 32.5 Å². The molecule has 0 saturated carbocycles. The third-order valence-electron chi connectivity index (χ3n) is 5.51. The molecule has 0 unspecified atom stereocenters. The van der Waals surface area contributed by atoms with Gasteiger partial charge < -0.3 is 10.2 Å². The molecule has 1 aliphatic heterocycles. The Morgan fingerprint density at radius 2 is 1.57 bits per heavy atom. The van der Waals surface area contributed by atoms with Crippen molar-refractivity contribution in [3.63, 3.8) is 0 Å². The largest absolute Gasteiger partial charge is 0.389 e. The molecule has 23 heavy (non-hydrogen) atoms. The second-order valence-corrected chi connectivity index (χ2v) is 8.02. The van der Waals surface area contributed by atoms with Crippen LogP contribution < -0.4 is 0 Å². The normalized spacial score (nSPS) is 29.1. The lowest BCUT2D eigenvalue weighted by atomic mass is 9.81. The Hall–Kier alpha value is -1.81. The lowest BCUT2D eigenvalue weighted by molar-refractivity contribution is 0.0163. The molecule has 112 valence electrons. The summed E-state index contributed by atoms with van der Waals surface area (Å²) in [5.41, 5.74) is 2.15. The fourth-order valence-corrected chi connectivity index (χ4v) is 5.65. The molecule has 1 aliphatic carbocycles. The summed E-state index contributed by atoms with van der Waals surface area (Å²) in [6, 6.07) is 17.2. The molecule has 3 heteroatoms. The first-order chi connectivity index (χ1) is 11.2. The van der Waals surface area contributed by atoms with Crippen LogP contribution in [0.1, 0.15) is 22.5 Å². The summed E-state index contributed by atoms with van der Waals surface area (Å²) in [6.07, 6.45) is -1.42. The molecule has 2 N–H and O–H groups in total. The van der Waals surface area contributed by atoms with E-state index in [1.54, 1.807) is 11.8 Å². The molecule has 2 nitrogen and oxygen atoms in total. The van der Waals surface area contributed by atoms with Gasteiger partial charge in [-0.3, -0.25) is 0 Å². The minimum Gasteiger partial charge on any atom is -0.389 e. The minimum atomic E-state index is -0.775. The second kappa shape index (κ2) is 3.99. The molecule has 2 aliphatic rings. The van der Waals surface area contributed by atoms with Crippen molar-refractivity contribution in [3.05, 3.63) is 59.7 Å². The molecule has 0 radical (unpaired) electrons. The Morgan fingerprint density at radius 1 is 0.826 bits per heavy atom. The molecule has 1 saturated heterocycles. The molecular formula is C20H14O2S. The predicted octanol–water partition coefficient (Wildman–Crippen LogP) is 4.15. The van der Waals surface area contributed by atoms with Gasteiger partial charge in [0, 0.05) is 5.25 Å². The number of rotatable bonds is 0. The Morgan fingerprint density at radius 3 is 2.39 bits per heavy atom. The first-order valence-corrected chi connectivity index (χ1v) is 8.90. The monoisotopic (exact) mass is 318 g/mol. The van der Waals surface area contributed by atoms with E-state index < -0.39 is 12.2 Å². The van der Waals surface area contributed by atoms with Gasteiger partial charge in [0.05, 0.1) is 11.4 Å². The van der Waals surface area contributed by atoms with Crippen LogP contribution in [-0.4, -0.2) is 21.6 Å². The van der Waals surface area contributed by atoms with Gasteiger partial charge in [-0.1, -0.05) is 42.5 Å². The average molecular weight is 318 g/mol. The van der Waals surface area contributed by atoms with Crippen LogP contribution in [-0.2, 0) is 0 Å². The Bertz CT molecular complexity index is 1090. The Balaban J connectivity index is 1.86. The molecule has 6 rings (SSSR count). The van der Waals surface area contributed by atoms with Gasteiger partial charge in [0.15, 0.2) is 0 Å². The SMILES string of the molecule is O[C@@H]1[C@@H]2S[C@@H]2c2c(cc3ccc4cccc5ccc2c3c45)[C@H]1O. The number of thioether (sulfide) groups is 1. The fourth-order valence-electron chi connectivity index (χ4n) is 4.40. The van der Waals surface area contributed by atoms with E-state index >= 15 is 0 Å². The summed E-state index contributed by atoms with van der Waals surface area (Å²) in [4.78, 5) is 0. The molecule has 0 bridgehead atoms. The highest BCUT2D eigenvalue weighted by molar-refractivity contribution is 8.07. The van der Waals surface area contributed by atoms with Gasteiger partial charge in [0.25, 0.3) is 0 Å². The Labute approximate surface area is 137 Å². The van der Waals surface area contributed by atoms with Crippen molar-refractivity contribution >= 4 is 44.1 Å². The van der Waals surface area contributed by atoms with E-state index in [4.69, 9.17) is 0 Å². The first-order valence-electron chi connectivity index (χ1n) is 7.96. The van der Waals surface area contributed by atoms with Crippen LogP contribution in [0.25, 0.3) is 32.3 Å². The highest BCUT2D eigenvalue weighted by Gasteiger charge is 2.53. The van der Waals surface area contributed by atoms with Gasteiger partial charge in [0.2, 0.25) is 0 Å². The van der Waals surface area contributed by atoms with Crippen LogP contribution >= 0.6 is 11.8 Å². The van der Waals surface area contributed by atoms with E-state index in [1.807, 2.05) is 0 Å².